The highest BCUT2D eigenvalue weighted by Gasteiger charge is 2.46. The van der Waals surface area contributed by atoms with Crippen LogP contribution in [0.25, 0.3) is 0 Å². The molecule has 1 saturated carbocycles. The van der Waals surface area contributed by atoms with E-state index in [9.17, 15) is 4.79 Å². The molecule has 3 fully saturated rings. The van der Waals surface area contributed by atoms with Gasteiger partial charge in [0.25, 0.3) is 0 Å². The van der Waals surface area contributed by atoms with E-state index in [-0.39, 0.29) is 0 Å². The number of likely N-dealkylation sites (tertiary alicyclic amines) is 2. The molecule has 3 nitrogen and oxygen atoms in total. The number of hydrogen-bond acceptors (Lipinski definition) is 2. The van der Waals surface area contributed by atoms with Gasteiger partial charge in [0.1, 0.15) is 0 Å². The Bertz CT molecular complexity index is 311. The molecule has 0 bridgehead atoms. The molecule has 0 N–H and O–H groups in total. The standard InChI is InChI=1S/C13H20N2O/c1-2-6-15-11-5-7-14(9-10-3-4-10)12(11)8-13(15)16/h2,10-12H,1,3-9H2/t11-,12+/m1/s1. The van der Waals surface area contributed by atoms with Crippen LogP contribution in [0, 0.1) is 5.92 Å². The monoisotopic (exact) mass is 220 g/mol. The molecule has 3 rings (SSSR count). The van der Waals surface area contributed by atoms with E-state index in [1.54, 1.807) is 0 Å². The third-order valence-electron chi connectivity index (χ3n) is 4.25. The molecule has 1 aliphatic carbocycles. The molecule has 0 aromatic carbocycles. The van der Waals surface area contributed by atoms with Crippen molar-refractivity contribution in [3.63, 3.8) is 0 Å². The van der Waals surface area contributed by atoms with Crippen LogP contribution in [0.4, 0.5) is 0 Å². The molecule has 2 heterocycles. The van der Waals surface area contributed by atoms with Gasteiger partial charge in [-0.25, -0.2) is 0 Å². The Hall–Kier alpha value is -0.830. The van der Waals surface area contributed by atoms with Gasteiger partial charge in [0.15, 0.2) is 0 Å². The fraction of sp³-hybridized carbons (Fsp3) is 0.769. The van der Waals surface area contributed by atoms with Gasteiger partial charge in [0.2, 0.25) is 5.91 Å². The lowest BCUT2D eigenvalue weighted by atomic mass is 10.1. The van der Waals surface area contributed by atoms with Gasteiger partial charge < -0.3 is 4.90 Å². The number of fused-ring (bicyclic) bond motifs is 1. The molecule has 0 aromatic rings. The number of amides is 1. The van der Waals surface area contributed by atoms with Crippen LogP contribution in [-0.2, 0) is 4.79 Å². The molecule has 0 aromatic heterocycles. The van der Waals surface area contributed by atoms with Gasteiger partial charge in [-0.1, -0.05) is 6.08 Å². The summed E-state index contributed by atoms with van der Waals surface area (Å²) in [6.07, 6.45) is 6.56. The first-order valence-electron chi connectivity index (χ1n) is 6.44. The zero-order chi connectivity index (χ0) is 11.1. The Morgan fingerprint density at radius 2 is 2.12 bits per heavy atom. The molecule has 0 unspecified atom stereocenters. The molecule has 0 radical (unpaired) electrons. The minimum absolute atomic E-state index is 0.329. The molecule has 2 saturated heterocycles. The summed E-state index contributed by atoms with van der Waals surface area (Å²) >= 11 is 0. The quantitative estimate of drug-likeness (QED) is 0.666. The number of hydrogen-bond donors (Lipinski definition) is 0. The largest absolute Gasteiger partial charge is 0.334 e. The van der Waals surface area contributed by atoms with E-state index in [1.165, 1.54) is 25.9 Å². The van der Waals surface area contributed by atoms with Crippen LogP contribution < -0.4 is 0 Å². The van der Waals surface area contributed by atoms with Crippen LogP contribution in [0.5, 0.6) is 0 Å². The summed E-state index contributed by atoms with van der Waals surface area (Å²) in [7, 11) is 0. The highest BCUT2D eigenvalue weighted by molar-refractivity contribution is 5.80. The number of carbonyl (C=O) groups is 1. The van der Waals surface area contributed by atoms with Crippen molar-refractivity contribution in [3.05, 3.63) is 12.7 Å². The fourth-order valence-electron chi connectivity index (χ4n) is 3.24. The van der Waals surface area contributed by atoms with Gasteiger partial charge in [-0.3, -0.25) is 9.69 Å². The van der Waals surface area contributed by atoms with Crippen molar-refractivity contribution in [2.75, 3.05) is 19.6 Å². The van der Waals surface area contributed by atoms with Crippen molar-refractivity contribution < 1.29 is 4.79 Å². The Labute approximate surface area is 97.1 Å². The average molecular weight is 220 g/mol. The van der Waals surface area contributed by atoms with Crippen molar-refractivity contribution >= 4 is 5.91 Å². The van der Waals surface area contributed by atoms with Gasteiger partial charge in [-0.2, -0.15) is 0 Å². The van der Waals surface area contributed by atoms with Crippen LogP contribution in [-0.4, -0.2) is 47.4 Å². The first kappa shape index (κ1) is 10.3. The van der Waals surface area contributed by atoms with E-state index in [2.05, 4.69) is 11.5 Å². The van der Waals surface area contributed by atoms with Crippen molar-refractivity contribution in [2.24, 2.45) is 5.92 Å². The number of nitrogens with zero attached hydrogens (tertiary/aromatic N) is 2. The van der Waals surface area contributed by atoms with Crippen LogP contribution in [0.2, 0.25) is 0 Å². The Kier molecular flexibility index (Phi) is 2.51. The summed E-state index contributed by atoms with van der Waals surface area (Å²) in [6.45, 7) is 6.90. The van der Waals surface area contributed by atoms with Gasteiger partial charge in [-0.15, -0.1) is 6.58 Å². The molecule has 16 heavy (non-hydrogen) atoms. The predicted octanol–water partition coefficient (Wildman–Crippen LogP) is 1.26. The number of rotatable bonds is 4. The average Bonchev–Trinajstić information content (AvgIpc) is 2.92. The molecule has 88 valence electrons. The van der Waals surface area contributed by atoms with E-state index in [0.29, 0.717) is 18.0 Å². The van der Waals surface area contributed by atoms with Crippen molar-refractivity contribution in [1.82, 2.24) is 9.80 Å². The third-order valence-corrected chi connectivity index (χ3v) is 4.25. The summed E-state index contributed by atoms with van der Waals surface area (Å²) in [5.41, 5.74) is 0. The van der Waals surface area contributed by atoms with Gasteiger partial charge in [0, 0.05) is 38.1 Å². The second-order valence-electron chi connectivity index (χ2n) is 5.40. The number of carbonyl (C=O) groups excluding carboxylic acids is 1. The summed E-state index contributed by atoms with van der Waals surface area (Å²) in [5.74, 6) is 1.26. The Morgan fingerprint density at radius 1 is 1.31 bits per heavy atom. The molecule has 3 heteroatoms. The third kappa shape index (κ3) is 1.67. The molecule has 2 aliphatic heterocycles. The zero-order valence-electron chi connectivity index (χ0n) is 9.77. The van der Waals surface area contributed by atoms with Crippen molar-refractivity contribution in [1.29, 1.82) is 0 Å². The van der Waals surface area contributed by atoms with E-state index < -0.39 is 0 Å². The van der Waals surface area contributed by atoms with Gasteiger partial charge >= 0.3 is 0 Å². The first-order valence-corrected chi connectivity index (χ1v) is 6.44. The maximum Gasteiger partial charge on any atom is 0.224 e. The van der Waals surface area contributed by atoms with E-state index >= 15 is 0 Å². The van der Waals surface area contributed by atoms with E-state index in [1.807, 2.05) is 11.0 Å². The molecular formula is C13H20N2O. The first-order chi connectivity index (χ1) is 7.79. The van der Waals surface area contributed by atoms with Crippen LogP contribution >= 0.6 is 0 Å². The minimum atomic E-state index is 0.329. The highest BCUT2D eigenvalue weighted by Crippen LogP contribution is 2.37. The van der Waals surface area contributed by atoms with Gasteiger partial charge in [0.05, 0.1) is 0 Å². The highest BCUT2D eigenvalue weighted by atomic mass is 16.2. The van der Waals surface area contributed by atoms with Gasteiger partial charge in [-0.05, 0) is 25.2 Å². The minimum Gasteiger partial charge on any atom is -0.334 e. The molecule has 2 atom stereocenters. The SMILES string of the molecule is C=CCN1C(=O)C[C@H]2[C@H]1CCN2CC1CC1. The molecular weight excluding hydrogens is 200 g/mol. The van der Waals surface area contributed by atoms with Crippen LogP contribution in [0.15, 0.2) is 12.7 Å². The maximum atomic E-state index is 11.9. The predicted molar refractivity (Wildman–Crippen MR) is 63.0 cm³/mol. The molecule has 1 amide bonds. The molecule has 0 spiro atoms. The summed E-state index contributed by atoms with van der Waals surface area (Å²) in [5, 5.41) is 0. The summed E-state index contributed by atoms with van der Waals surface area (Å²) in [6, 6.07) is 0.984. The van der Waals surface area contributed by atoms with Crippen LogP contribution in [0.1, 0.15) is 25.7 Å². The Morgan fingerprint density at radius 3 is 2.81 bits per heavy atom. The summed E-state index contributed by atoms with van der Waals surface area (Å²) < 4.78 is 0. The van der Waals surface area contributed by atoms with E-state index in [4.69, 9.17) is 0 Å². The maximum absolute atomic E-state index is 11.9. The second kappa shape index (κ2) is 3.88. The fourth-order valence-corrected chi connectivity index (χ4v) is 3.24. The topological polar surface area (TPSA) is 23.6 Å². The lowest BCUT2D eigenvalue weighted by Crippen LogP contribution is -2.37. The van der Waals surface area contributed by atoms with Crippen molar-refractivity contribution in [2.45, 2.75) is 37.8 Å². The second-order valence-corrected chi connectivity index (χ2v) is 5.40. The molecule has 3 aliphatic rings. The van der Waals surface area contributed by atoms with Crippen molar-refractivity contribution in [3.8, 4) is 0 Å². The summed E-state index contributed by atoms with van der Waals surface area (Å²) in [4.78, 5) is 16.5. The zero-order valence-corrected chi connectivity index (χ0v) is 9.77. The normalized spacial score (nSPS) is 34.5. The smallest absolute Gasteiger partial charge is 0.224 e. The lowest BCUT2D eigenvalue weighted by Gasteiger charge is -2.24. The Balaban J connectivity index is 1.67. The lowest BCUT2D eigenvalue weighted by molar-refractivity contribution is -0.128. The van der Waals surface area contributed by atoms with Crippen LogP contribution in [0.3, 0.4) is 0 Å². The van der Waals surface area contributed by atoms with E-state index in [0.717, 1.165) is 25.3 Å².